The molecule has 0 fully saturated rings. The van der Waals surface area contributed by atoms with Crippen molar-refractivity contribution in [2.24, 2.45) is 5.41 Å². The summed E-state index contributed by atoms with van der Waals surface area (Å²) in [6.07, 6.45) is 0. The van der Waals surface area contributed by atoms with Crippen LogP contribution in [0.25, 0.3) is 0 Å². The van der Waals surface area contributed by atoms with E-state index in [4.69, 9.17) is 5.52 Å². The molecule has 0 saturated carbocycles. The van der Waals surface area contributed by atoms with E-state index in [0.717, 1.165) is 19.0 Å². The van der Waals surface area contributed by atoms with Gasteiger partial charge in [0.1, 0.15) is 5.78 Å². The number of hydrogen-bond acceptors (Lipinski definition) is 3. The van der Waals surface area contributed by atoms with Crippen LogP contribution in [0, 0.1) is 5.41 Å². The van der Waals surface area contributed by atoms with E-state index in [1.807, 2.05) is 13.8 Å². The minimum absolute atomic E-state index is 0.100. The van der Waals surface area contributed by atoms with E-state index in [2.05, 4.69) is 0 Å². The molecule has 0 spiro atoms. The molecule has 0 unspecified atom stereocenters. The predicted molar refractivity (Wildman–Crippen MR) is 45.2 cm³/mol. The molecule has 57 valence electrons. The van der Waals surface area contributed by atoms with E-state index in [9.17, 15) is 4.79 Å². The van der Waals surface area contributed by atoms with Crippen LogP contribution in [0.5, 0.6) is 0 Å². The van der Waals surface area contributed by atoms with Gasteiger partial charge in [-0.05, 0) is 8.26 Å². The van der Waals surface area contributed by atoms with Crippen LogP contribution in [0.4, 0.5) is 0 Å². The lowest BCUT2D eigenvalue weighted by Crippen LogP contribution is -2.26. The van der Waals surface area contributed by atoms with Crippen molar-refractivity contribution in [3.63, 3.8) is 0 Å². The van der Waals surface area contributed by atoms with Crippen LogP contribution in [0.3, 0.4) is 0 Å². The van der Waals surface area contributed by atoms with Crippen LogP contribution < -0.4 is 0 Å². The molecule has 0 N–H and O–H groups in total. The molecule has 2 nitrogen and oxygen atoms in total. The molecule has 0 amide bonds. The highest BCUT2D eigenvalue weighted by Gasteiger charge is 2.23. The van der Waals surface area contributed by atoms with E-state index in [1.165, 1.54) is 0 Å². The van der Waals surface area contributed by atoms with Crippen molar-refractivity contribution in [1.82, 2.24) is 0 Å². The fourth-order valence-electron chi connectivity index (χ4n) is 0.283. The van der Waals surface area contributed by atoms with Crippen LogP contribution in [0.1, 0.15) is 20.8 Å². The Morgan fingerprint density at radius 1 is 1.90 bits per heavy atom. The minimum atomic E-state index is -0.435. The Hall–Kier alpha value is 0.0449. The van der Waals surface area contributed by atoms with Gasteiger partial charge in [-0.2, -0.15) is 0 Å². The third-order valence-corrected chi connectivity index (χ3v) is 1.69. The van der Waals surface area contributed by atoms with Gasteiger partial charge >= 0.3 is 0 Å². The molecule has 0 aliphatic rings. The van der Waals surface area contributed by atoms with Gasteiger partial charge in [0.2, 0.25) is 7.09 Å². The first kappa shape index (κ1) is 8.14. The maximum Gasteiger partial charge on any atom is 0.209 e. The van der Waals surface area contributed by atoms with E-state index in [1.54, 1.807) is 6.92 Å². The second-order valence-corrected chi connectivity index (χ2v) is 3.23. The summed E-state index contributed by atoms with van der Waals surface area (Å²) in [5, 5.41) is 0. The summed E-state index contributed by atoms with van der Waals surface area (Å²) in [4.78, 5) is 10.9. The lowest BCUT2D eigenvalue weighted by atomic mass is 9.90. The number of carbonyl (C=O) groups is 1. The van der Waals surface area contributed by atoms with Crippen molar-refractivity contribution in [2.45, 2.75) is 20.8 Å². The van der Waals surface area contributed by atoms with Gasteiger partial charge in [0.05, 0.1) is 6.61 Å². The summed E-state index contributed by atoms with van der Waals surface area (Å²) in [7, 11) is 1.09. The van der Waals surface area contributed by atoms with E-state index < -0.39 is 5.41 Å². The van der Waals surface area contributed by atoms with Gasteiger partial charge in [0, 0.05) is 5.41 Å². The largest absolute Gasteiger partial charge is 0.327 e. The highest BCUT2D eigenvalue weighted by atomic mass is 32.2. The highest BCUT2D eigenvalue weighted by molar-refractivity contribution is 8.15. The lowest BCUT2D eigenvalue weighted by Gasteiger charge is -2.19. The molecule has 4 heteroatoms. The summed E-state index contributed by atoms with van der Waals surface area (Å²) in [6.45, 7) is 5.53. The molecule has 0 aliphatic carbocycles. The zero-order valence-corrected chi connectivity index (χ0v) is 7.33. The Kier molecular flexibility index (Phi) is 3.29. The van der Waals surface area contributed by atoms with E-state index >= 15 is 0 Å². The van der Waals surface area contributed by atoms with Crippen molar-refractivity contribution < 1.29 is 8.98 Å². The fourth-order valence-corrected chi connectivity index (χ4v) is 0.646. The third kappa shape index (κ3) is 3.27. The fraction of sp³-hybridized carbons (Fsp3) is 0.833. The minimum Gasteiger partial charge on any atom is -0.327 e. The smallest absolute Gasteiger partial charge is 0.209 e. The van der Waals surface area contributed by atoms with Gasteiger partial charge in [-0.1, -0.05) is 25.7 Å². The first-order valence-electron chi connectivity index (χ1n) is 3.58. The van der Waals surface area contributed by atoms with Crippen molar-refractivity contribution in [3.05, 3.63) is 0 Å². The topological polar surface area (TPSA) is 26.3 Å². The summed E-state index contributed by atoms with van der Waals surface area (Å²) < 4.78 is 11.6. The van der Waals surface area contributed by atoms with Gasteiger partial charge in [-0.25, -0.2) is 0 Å². The second-order valence-electron chi connectivity index (χ2n) is 2.80. The molecule has 0 aromatic carbocycles. The summed E-state index contributed by atoms with van der Waals surface area (Å²) in [5.74, 6) is 0.100. The number of ketones is 1. The molecular formula is C6H12BO2S. The highest BCUT2D eigenvalue weighted by Crippen LogP contribution is 2.18. The van der Waals surface area contributed by atoms with Crippen molar-refractivity contribution in [3.8, 4) is 0 Å². The van der Waals surface area contributed by atoms with E-state index in [-0.39, 0.29) is 5.78 Å². The van der Waals surface area contributed by atoms with Crippen LogP contribution in [0.2, 0.25) is 0 Å². The average molecular weight is 161 g/mol. The maximum atomic E-state index is 10.9. The first-order valence-corrected chi connectivity index (χ1v) is 3.80. The zero-order valence-electron chi connectivity index (χ0n) is 7.51. The molecule has 0 atom stereocenters. The van der Waals surface area contributed by atoms with Crippen LogP contribution in [-0.2, 0) is 8.98 Å². The lowest BCUT2D eigenvalue weighted by molar-refractivity contribution is -0.126. The zero-order chi connectivity index (χ0) is 8.91. The SMILES string of the molecule is [3H][B]SOCC(C)(C)C(C)=O. The Morgan fingerprint density at radius 2 is 2.50 bits per heavy atom. The van der Waals surface area contributed by atoms with Crippen LogP contribution in [-0.4, -0.2) is 20.8 Å². The third-order valence-electron chi connectivity index (χ3n) is 1.44. The molecule has 0 aromatic rings. The monoisotopic (exact) mass is 161 g/mol. The predicted octanol–water partition coefficient (Wildman–Crippen LogP) is 1.08. The number of carbonyl (C=O) groups excluding carboxylic acids is 1. The Morgan fingerprint density at radius 3 is 2.90 bits per heavy atom. The molecule has 10 heavy (non-hydrogen) atoms. The summed E-state index contributed by atoms with van der Waals surface area (Å²) in [6, 6.07) is 0. The van der Waals surface area contributed by atoms with Crippen LogP contribution in [0.15, 0.2) is 0 Å². The van der Waals surface area contributed by atoms with Gasteiger partial charge in [0.25, 0.3) is 0 Å². The molecule has 0 bridgehead atoms. The molecule has 0 rings (SSSR count). The van der Waals surface area contributed by atoms with Crippen molar-refractivity contribution in [2.75, 3.05) is 6.61 Å². The van der Waals surface area contributed by atoms with Crippen LogP contribution >= 0.6 is 11.9 Å². The van der Waals surface area contributed by atoms with Gasteiger partial charge in [0.15, 0.2) is 0 Å². The molecule has 1 radical (unpaired) electrons. The van der Waals surface area contributed by atoms with Gasteiger partial charge in [-0.15, -0.1) is 0 Å². The molecule has 0 saturated heterocycles. The number of Topliss-reactive ketones (excluding diaryl/α,β-unsaturated/α-hetero) is 1. The normalized spacial score (nSPS) is 12.5. The van der Waals surface area contributed by atoms with E-state index in [0.29, 0.717) is 6.61 Å². The molecule has 0 heterocycles. The Balaban J connectivity index is 3.64. The quantitative estimate of drug-likeness (QED) is 0.343. The van der Waals surface area contributed by atoms with Gasteiger partial charge in [-0.3, -0.25) is 4.79 Å². The van der Waals surface area contributed by atoms with Crippen molar-refractivity contribution in [1.29, 1.82) is 1.34 Å². The summed E-state index contributed by atoms with van der Waals surface area (Å²) in [5.41, 5.74) is -0.435. The van der Waals surface area contributed by atoms with Crippen molar-refractivity contribution >= 4 is 24.8 Å². The molecule has 0 aromatic heterocycles. The molecular weight excluding hydrogens is 147 g/mol. The first-order chi connectivity index (χ1) is 5.00. The number of hydrogen-bond donors (Lipinski definition) is 0. The standard InChI is InChI=1S/C6H12BO2S/c1-5(8)6(2,3)4-9-10-7/h7H,4H2,1-3H3/i7T. The van der Waals surface area contributed by atoms with Gasteiger partial charge < -0.3 is 4.18 Å². The number of rotatable bonds is 5. The maximum absolute atomic E-state index is 10.9. The molecule has 0 aliphatic heterocycles. The second kappa shape index (κ2) is 4.03. The Bertz CT molecular complexity index is 141. The Labute approximate surface area is 68.6 Å². The summed E-state index contributed by atoms with van der Waals surface area (Å²) >= 11 is 0.942. The average Bonchev–Trinajstić information content (AvgIpc) is 1.88.